The molecule has 0 bridgehead atoms. The smallest absolute Gasteiger partial charge is 0.163 e. The molecule has 0 heterocycles. The van der Waals surface area contributed by atoms with Gasteiger partial charge < -0.3 is 0 Å². The van der Waals surface area contributed by atoms with Crippen LogP contribution in [-0.2, 0) is 12.8 Å². The first kappa shape index (κ1) is 14.1. The van der Waals surface area contributed by atoms with Crippen LogP contribution >= 0.6 is 0 Å². The van der Waals surface area contributed by atoms with Crippen molar-refractivity contribution >= 4 is 5.78 Å². The topological polar surface area (TPSA) is 17.1 Å². The van der Waals surface area contributed by atoms with Crippen LogP contribution in [0.25, 0.3) is 0 Å². The van der Waals surface area contributed by atoms with Crippen LogP contribution < -0.4 is 0 Å². The summed E-state index contributed by atoms with van der Waals surface area (Å²) in [6, 6.07) is 16.7. The number of fused-ring (bicyclic) bond motifs is 1. The fourth-order valence-electron chi connectivity index (χ4n) is 3.50. The number of carbonyl (C=O) groups is 1. The van der Waals surface area contributed by atoms with Crippen molar-refractivity contribution in [1.29, 1.82) is 0 Å². The first-order valence-electron chi connectivity index (χ1n) is 7.98. The predicted octanol–water partition coefficient (Wildman–Crippen LogP) is 4.94. The van der Waals surface area contributed by atoms with Gasteiger partial charge in [0.25, 0.3) is 0 Å². The van der Waals surface area contributed by atoms with E-state index in [4.69, 9.17) is 0 Å². The molecule has 3 rings (SSSR count). The van der Waals surface area contributed by atoms with Crippen LogP contribution in [0.5, 0.6) is 0 Å². The maximum atomic E-state index is 12.7. The minimum absolute atomic E-state index is 0.300. The Kier molecular flexibility index (Phi) is 4.19. The maximum Gasteiger partial charge on any atom is 0.163 e. The van der Waals surface area contributed by atoms with E-state index in [1.807, 2.05) is 18.2 Å². The van der Waals surface area contributed by atoms with Gasteiger partial charge in [0.15, 0.2) is 5.78 Å². The SMILES string of the molecule is CCc1ccccc1C(=O)CC1CCCc2ccccc21. The molecular weight excluding hydrogens is 256 g/mol. The molecule has 1 nitrogen and oxygen atoms in total. The number of aryl methyl sites for hydroxylation is 2. The lowest BCUT2D eigenvalue weighted by Crippen LogP contribution is -2.14. The Bertz CT molecular complexity index is 642. The third-order valence-electron chi connectivity index (χ3n) is 4.62. The number of benzene rings is 2. The lowest BCUT2D eigenvalue weighted by Gasteiger charge is -2.25. The minimum atomic E-state index is 0.300. The molecule has 1 aliphatic rings. The standard InChI is InChI=1S/C20H22O/c1-2-15-8-3-6-13-19(15)20(21)14-17-11-7-10-16-9-4-5-12-18(16)17/h3-6,8-9,12-13,17H,2,7,10-11,14H2,1H3. The number of rotatable bonds is 4. The number of Topliss-reactive ketones (excluding diaryl/α,β-unsaturated/α-hetero) is 1. The Hall–Kier alpha value is -1.89. The Morgan fingerprint density at radius 3 is 2.71 bits per heavy atom. The van der Waals surface area contributed by atoms with E-state index in [-0.39, 0.29) is 0 Å². The highest BCUT2D eigenvalue weighted by Gasteiger charge is 2.23. The average Bonchev–Trinajstić information content (AvgIpc) is 2.55. The molecule has 0 aromatic heterocycles. The molecule has 1 atom stereocenters. The summed E-state index contributed by atoms with van der Waals surface area (Å²) in [5.74, 6) is 0.696. The third-order valence-corrected chi connectivity index (χ3v) is 4.62. The van der Waals surface area contributed by atoms with Gasteiger partial charge in [-0.05, 0) is 48.3 Å². The van der Waals surface area contributed by atoms with E-state index in [0.29, 0.717) is 18.1 Å². The highest BCUT2D eigenvalue weighted by molar-refractivity contribution is 5.98. The number of ketones is 1. The van der Waals surface area contributed by atoms with Crippen molar-refractivity contribution in [3.05, 3.63) is 70.8 Å². The number of carbonyl (C=O) groups excluding carboxylic acids is 1. The molecular formula is C20H22O. The van der Waals surface area contributed by atoms with Gasteiger partial charge in [0.1, 0.15) is 0 Å². The molecule has 0 spiro atoms. The van der Waals surface area contributed by atoms with Crippen LogP contribution in [0.2, 0.25) is 0 Å². The zero-order valence-corrected chi connectivity index (χ0v) is 12.6. The summed E-state index contributed by atoms with van der Waals surface area (Å²) in [7, 11) is 0. The van der Waals surface area contributed by atoms with E-state index in [2.05, 4.69) is 37.3 Å². The zero-order valence-electron chi connectivity index (χ0n) is 12.6. The highest BCUT2D eigenvalue weighted by atomic mass is 16.1. The number of hydrogen-bond donors (Lipinski definition) is 0. The quantitative estimate of drug-likeness (QED) is 0.724. The first-order chi connectivity index (χ1) is 10.3. The van der Waals surface area contributed by atoms with Gasteiger partial charge in [0.05, 0.1) is 0 Å². The van der Waals surface area contributed by atoms with Gasteiger partial charge in [-0.2, -0.15) is 0 Å². The van der Waals surface area contributed by atoms with Crippen molar-refractivity contribution in [1.82, 2.24) is 0 Å². The van der Waals surface area contributed by atoms with Crippen LogP contribution in [0.1, 0.15) is 59.2 Å². The molecule has 1 aliphatic carbocycles. The molecule has 0 saturated carbocycles. The minimum Gasteiger partial charge on any atom is -0.294 e. The van der Waals surface area contributed by atoms with Crippen molar-refractivity contribution in [2.24, 2.45) is 0 Å². The van der Waals surface area contributed by atoms with E-state index in [1.54, 1.807) is 0 Å². The van der Waals surface area contributed by atoms with E-state index in [9.17, 15) is 4.79 Å². The van der Waals surface area contributed by atoms with Crippen LogP contribution in [-0.4, -0.2) is 5.78 Å². The monoisotopic (exact) mass is 278 g/mol. The summed E-state index contributed by atoms with van der Waals surface area (Å²) >= 11 is 0. The fraction of sp³-hybridized carbons (Fsp3) is 0.350. The van der Waals surface area contributed by atoms with E-state index in [1.165, 1.54) is 23.1 Å². The summed E-state index contributed by atoms with van der Waals surface area (Å²) in [4.78, 5) is 12.7. The second-order valence-electron chi connectivity index (χ2n) is 5.93. The molecule has 0 amide bonds. The van der Waals surface area contributed by atoms with Gasteiger partial charge in [0.2, 0.25) is 0 Å². The van der Waals surface area contributed by atoms with Gasteiger partial charge in [-0.15, -0.1) is 0 Å². The van der Waals surface area contributed by atoms with Gasteiger partial charge >= 0.3 is 0 Å². The lowest BCUT2D eigenvalue weighted by atomic mass is 9.79. The van der Waals surface area contributed by atoms with E-state index < -0.39 is 0 Å². The molecule has 0 saturated heterocycles. The normalized spacial score (nSPS) is 17.3. The van der Waals surface area contributed by atoms with Gasteiger partial charge in [-0.1, -0.05) is 55.5 Å². The molecule has 108 valence electrons. The fourth-order valence-corrected chi connectivity index (χ4v) is 3.50. The van der Waals surface area contributed by atoms with Crippen molar-refractivity contribution in [2.75, 3.05) is 0 Å². The summed E-state index contributed by atoms with van der Waals surface area (Å²) in [6.07, 6.45) is 5.06. The second kappa shape index (κ2) is 6.26. The highest BCUT2D eigenvalue weighted by Crippen LogP contribution is 2.34. The maximum absolute atomic E-state index is 12.7. The van der Waals surface area contributed by atoms with Crippen LogP contribution in [0.4, 0.5) is 0 Å². The zero-order chi connectivity index (χ0) is 14.7. The Labute approximate surface area is 127 Å². The molecule has 0 N–H and O–H groups in total. The molecule has 21 heavy (non-hydrogen) atoms. The van der Waals surface area contributed by atoms with Gasteiger partial charge in [-0.3, -0.25) is 4.79 Å². The molecule has 1 heteroatoms. The van der Waals surface area contributed by atoms with Crippen LogP contribution in [0.3, 0.4) is 0 Å². The second-order valence-corrected chi connectivity index (χ2v) is 5.93. The number of hydrogen-bond acceptors (Lipinski definition) is 1. The largest absolute Gasteiger partial charge is 0.294 e. The summed E-state index contributed by atoms with van der Waals surface area (Å²) in [5, 5.41) is 0. The van der Waals surface area contributed by atoms with Crippen LogP contribution in [0, 0.1) is 0 Å². The van der Waals surface area contributed by atoms with Gasteiger partial charge in [0, 0.05) is 12.0 Å². The molecule has 2 aromatic rings. The Morgan fingerprint density at radius 1 is 1.10 bits per heavy atom. The predicted molar refractivity (Wildman–Crippen MR) is 86.9 cm³/mol. The van der Waals surface area contributed by atoms with E-state index in [0.717, 1.165) is 24.8 Å². The van der Waals surface area contributed by atoms with Crippen molar-refractivity contribution < 1.29 is 4.79 Å². The molecule has 0 aliphatic heterocycles. The van der Waals surface area contributed by atoms with Crippen LogP contribution in [0.15, 0.2) is 48.5 Å². The third kappa shape index (κ3) is 2.92. The summed E-state index contributed by atoms with van der Waals surface area (Å²) in [5.41, 5.74) is 4.92. The van der Waals surface area contributed by atoms with Crippen molar-refractivity contribution in [3.8, 4) is 0 Å². The molecule has 2 aromatic carbocycles. The lowest BCUT2D eigenvalue weighted by molar-refractivity contribution is 0.0970. The van der Waals surface area contributed by atoms with Crippen molar-refractivity contribution in [3.63, 3.8) is 0 Å². The molecule has 1 unspecified atom stereocenters. The first-order valence-corrected chi connectivity index (χ1v) is 7.98. The van der Waals surface area contributed by atoms with Gasteiger partial charge in [-0.25, -0.2) is 0 Å². The molecule has 0 fully saturated rings. The van der Waals surface area contributed by atoms with E-state index >= 15 is 0 Å². The summed E-state index contributed by atoms with van der Waals surface area (Å²) in [6.45, 7) is 2.11. The Morgan fingerprint density at radius 2 is 1.86 bits per heavy atom. The molecule has 0 radical (unpaired) electrons. The Balaban J connectivity index is 1.83. The average molecular weight is 278 g/mol. The summed E-state index contributed by atoms with van der Waals surface area (Å²) < 4.78 is 0. The van der Waals surface area contributed by atoms with Crippen molar-refractivity contribution in [2.45, 2.75) is 44.9 Å².